The number of aryl methyl sites for hydroxylation is 2. The Hall–Kier alpha value is -1.30. The van der Waals surface area contributed by atoms with E-state index in [1.165, 1.54) is 4.88 Å². The van der Waals surface area contributed by atoms with Crippen LogP contribution in [0.2, 0.25) is 10.0 Å². The van der Waals surface area contributed by atoms with E-state index in [0.717, 1.165) is 35.2 Å². The van der Waals surface area contributed by atoms with Crippen LogP contribution in [0.15, 0.2) is 23.2 Å². The standard InChI is InChI=1S/C16H20Cl2N4S/c1-10-11(2)23-15(22-10)9-21-16(19-3)20-5-4-12-6-13(17)8-14(18)7-12/h6-8H,4-5,9H2,1-3H3,(H2,19,20,21). The number of benzene rings is 1. The monoisotopic (exact) mass is 370 g/mol. The summed E-state index contributed by atoms with van der Waals surface area (Å²) in [4.78, 5) is 9.98. The van der Waals surface area contributed by atoms with Crippen LogP contribution < -0.4 is 10.6 Å². The Kier molecular flexibility index (Phi) is 6.69. The number of guanidine groups is 1. The lowest BCUT2D eigenvalue weighted by atomic mass is 10.1. The molecule has 2 N–H and O–H groups in total. The maximum atomic E-state index is 6.00. The number of hydrogen-bond donors (Lipinski definition) is 2. The van der Waals surface area contributed by atoms with Crippen molar-refractivity contribution >= 4 is 40.5 Å². The Balaban J connectivity index is 1.81. The van der Waals surface area contributed by atoms with Crippen LogP contribution in [0.4, 0.5) is 0 Å². The second-order valence-electron chi connectivity index (χ2n) is 5.13. The Morgan fingerprint density at radius 1 is 1.17 bits per heavy atom. The zero-order chi connectivity index (χ0) is 16.8. The van der Waals surface area contributed by atoms with Crippen LogP contribution in [0.5, 0.6) is 0 Å². The molecule has 0 aliphatic carbocycles. The summed E-state index contributed by atoms with van der Waals surface area (Å²) in [5.41, 5.74) is 2.18. The molecule has 0 saturated carbocycles. The molecule has 4 nitrogen and oxygen atoms in total. The molecule has 23 heavy (non-hydrogen) atoms. The first-order chi connectivity index (χ1) is 11.0. The predicted molar refractivity (Wildman–Crippen MR) is 100.0 cm³/mol. The molecule has 7 heteroatoms. The fourth-order valence-corrected chi connectivity index (χ4v) is 3.52. The highest BCUT2D eigenvalue weighted by Gasteiger charge is 2.05. The van der Waals surface area contributed by atoms with E-state index in [1.54, 1.807) is 24.5 Å². The van der Waals surface area contributed by atoms with E-state index < -0.39 is 0 Å². The van der Waals surface area contributed by atoms with Crippen LogP contribution in [0.25, 0.3) is 0 Å². The van der Waals surface area contributed by atoms with Crippen molar-refractivity contribution < 1.29 is 0 Å². The Bertz CT molecular complexity index is 658. The number of halogens is 2. The Morgan fingerprint density at radius 3 is 2.43 bits per heavy atom. The molecule has 124 valence electrons. The minimum Gasteiger partial charge on any atom is -0.356 e. The van der Waals surface area contributed by atoms with E-state index in [1.807, 2.05) is 19.1 Å². The van der Waals surface area contributed by atoms with Gasteiger partial charge in [0.15, 0.2) is 5.96 Å². The van der Waals surface area contributed by atoms with Gasteiger partial charge in [0.2, 0.25) is 0 Å². The van der Waals surface area contributed by atoms with Gasteiger partial charge in [0.05, 0.1) is 12.2 Å². The molecular weight excluding hydrogens is 351 g/mol. The van der Waals surface area contributed by atoms with Gasteiger partial charge in [-0.15, -0.1) is 11.3 Å². The fourth-order valence-electron chi connectivity index (χ4n) is 2.08. The van der Waals surface area contributed by atoms with Crippen LogP contribution in [-0.4, -0.2) is 24.5 Å². The molecule has 0 fully saturated rings. The second-order valence-corrected chi connectivity index (χ2v) is 7.29. The molecule has 0 aliphatic heterocycles. The van der Waals surface area contributed by atoms with Gasteiger partial charge in [0, 0.05) is 28.5 Å². The van der Waals surface area contributed by atoms with Crippen molar-refractivity contribution in [3.05, 3.63) is 49.4 Å². The molecule has 1 aromatic carbocycles. The molecule has 2 rings (SSSR count). The highest BCUT2D eigenvalue weighted by atomic mass is 35.5. The van der Waals surface area contributed by atoms with E-state index in [-0.39, 0.29) is 0 Å². The van der Waals surface area contributed by atoms with Gasteiger partial charge in [-0.25, -0.2) is 4.98 Å². The van der Waals surface area contributed by atoms with Gasteiger partial charge in [0.1, 0.15) is 5.01 Å². The average Bonchev–Trinajstić information content (AvgIpc) is 2.80. The molecule has 0 saturated heterocycles. The average molecular weight is 371 g/mol. The normalized spacial score (nSPS) is 11.6. The third-order valence-electron chi connectivity index (χ3n) is 3.33. The van der Waals surface area contributed by atoms with Gasteiger partial charge < -0.3 is 10.6 Å². The summed E-state index contributed by atoms with van der Waals surface area (Å²) in [6, 6.07) is 5.58. The quantitative estimate of drug-likeness (QED) is 0.618. The van der Waals surface area contributed by atoms with Crippen molar-refractivity contribution in [3.8, 4) is 0 Å². The van der Waals surface area contributed by atoms with E-state index in [2.05, 4.69) is 27.5 Å². The summed E-state index contributed by atoms with van der Waals surface area (Å²) >= 11 is 13.7. The second kappa shape index (κ2) is 8.52. The van der Waals surface area contributed by atoms with Gasteiger partial charge >= 0.3 is 0 Å². The predicted octanol–water partition coefficient (Wildman–Crippen LogP) is 3.97. The van der Waals surface area contributed by atoms with Crippen LogP contribution in [0, 0.1) is 13.8 Å². The maximum Gasteiger partial charge on any atom is 0.191 e. The van der Waals surface area contributed by atoms with Gasteiger partial charge in [-0.1, -0.05) is 23.2 Å². The van der Waals surface area contributed by atoms with Crippen LogP contribution in [-0.2, 0) is 13.0 Å². The third kappa shape index (κ3) is 5.68. The Labute approximate surface area is 151 Å². The van der Waals surface area contributed by atoms with Crippen molar-refractivity contribution in [2.75, 3.05) is 13.6 Å². The van der Waals surface area contributed by atoms with Gasteiger partial charge in [0.25, 0.3) is 0 Å². The highest BCUT2D eigenvalue weighted by molar-refractivity contribution is 7.11. The molecule has 0 amide bonds. The topological polar surface area (TPSA) is 49.3 Å². The van der Waals surface area contributed by atoms with E-state index in [0.29, 0.717) is 16.6 Å². The number of aromatic nitrogens is 1. The van der Waals surface area contributed by atoms with Crippen molar-refractivity contribution in [1.29, 1.82) is 0 Å². The first-order valence-electron chi connectivity index (χ1n) is 7.30. The zero-order valence-corrected chi connectivity index (χ0v) is 15.7. The first kappa shape index (κ1) is 18.0. The first-order valence-corrected chi connectivity index (χ1v) is 8.87. The molecule has 2 aromatic rings. The van der Waals surface area contributed by atoms with Crippen LogP contribution in [0.1, 0.15) is 21.1 Å². The zero-order valence-electron chi connectivity index (χ0n) is 13.4. The van der Waals surface area contributed by atoms with E-state index >= 15 is 0 Å². The molecule has 0 unspecified atom stereocenters. The Morgan fingerprint density at radius 2 is 1.87 bits per heavy atom. The van der Waals surface area contributed by atoms with Crippen molar-refractivity contribution in [2.24, 2.45) is 4.99 Å². The lowest BCUT2D eigenvalue weighted by Crippen LogP contribution is -2.37. The van der Waals surface area contributed by atoms with Crippen molar-refractivity contribution in [2.45, 2.75) is 26.8 Å². The molecule has 0 atom stereocenters. The summed E-state index contributed by atoms with van der Waals surface area (Å²) in [6.45, 7) is 5.52. The summed E-state index contributed by atoms with van der Waals surface area (Å²) in [5.74, 6) is 0.753. The molecule has 0 radical (unpaired) electrons. The fraction of sp³-hybridized carbons (Fsp3) is 0.375. The van der Waals surface area contributed by atoms with E-state index in [9.17, 15) is 0 Å². The minimum atomic E-state index is 0.657. The van der Waals surface area contributed by atoms with Gasteiger partial charge in [-0.2, -0.15) is 0 Å². The van der Waals surface area contributed by atoms with E-state index in [4.69, 9.17) is 23.2 Å². The van der Waals surface area contributed by atoms with Gasteiger partial charge in [-0.05, 0) is 44.0 Å². The SMILES string of the molecule is CN=C(NCCc1cc(Cl)cc(Cl)c1)NCc1nc(C)c(C)s1. The number of rotatable bonds is 5. The van der Waals surface area contributed by atoms with Crippen molar-refractivity contribution in [1.82, 2.24) is 15.6 Å². The summed E-state index contributed by atoms with van der Waals surface area (Å²) in [7, 11) is 1.75. The number of nitrogens with one attached hydrogen (secondary N) is 2. The van der Waals surface area contributed by atoms with Crippen LogP contribution >= 0.6 is 34.5 Å². The largest absolute Gasteiger partial charge is 0.356 e. The maximum absolute atomic E-state index is 6.00. The molecule has 1 aromatic heterocycles. The van der Waals surface area contributed by atoms with Crippen molar-refractivity contribution in [3.63, 3.8) is 0 Å². The molecule has 1 heterocycles. The van der Waals surface area contributed by atoms with Gasteiger partial charge in [-0.3, -0.25) is 4.99 Å². The molecular formula is C16H20Cl2N4S. The van der Waals surface area contributed by atoms with Crippen LogP contribution in [0.3, 0.4) is 0 Å². The third-order valence-corrected chi connectivity index (χ3v) is 4.84. The summed E-state index contributed by atoms with van der Waals surface area (Å²) < 4.78 is 0. The highest BCUT2D eigenvalue weighted by Crippen LogP contribution is 2.19. The number of thiazole rings is 1. The smallest absolute Gasteiger partial charge is 0.191 e. The molecule has 0 bridgehead atoms. The molecule has 0 spiro atoms. The number of aliphatic imine (C=N–C) groups is 1. The lowest BCUT2D eigenvalue weighted by molar-refractivity contribution is 0.790. The number of hydrogen-bond acceptors (Lipinski definition) is 3. The summed E-state index contributed by atoms with van der Waals surface area (Å²) in [5, 5.41) is 8.92. The minimum absolute atomic E-state index is 0.657. The summed E-state index contributed by atoms with van der Waals surface area (Å²) in [6.07, 6.45) is 0.816. The lowest BCUT2D eigenvalue weighted by Gasteiger charge is -2.11. The molecule has 0 aliphatic rings. The number of nitrogens with zero attached hydrogens (tertiary/aromatic N) is 2.